The van der Waals surface area contributed by atoms with Gasteiger partial charge in [-0.3, -0.25) is 4.90 Å². The molecule has 9 rings (SSSR count). The van der Waals surface area contributed by atoms with Crippen molar-refractivity contribution >= 4 is 38.5 Å². The first kappa shape index (κ1) is 29.6. The predicted molar refractivity (Wildman–Crippen MR) is 178 cm³/mol. The third kappa shape index (κ3) is 4.69. The van der Waals surface area contributed by atoms with Crippen LogP contribution in [0.25, 0.3) is 43.8 Å². The normalized spacial score (nSPS) is 24.1. The van der Waals surface area contributed by atoms with Crippen molar-refractivity contribution in [1.29, 1.82) is 0 Å². The Kier molecular flexibility index (Phi) is 6.97. The maximum absolute atomic E-state index is 17.5. The van der Waals surface area contributed by atoms with E-state index in [0.717, 1.165) is 38.8 Å². The standard InChI is InChI=1S/C37H35F2N5O4/c1-3-26-29(38)9-4-20-13-25(45)14-27(30(20)26)31-33(39)34-32(28-12-19(2)48-35(28)31)36(43-15-21-5-6-22(16-43)40-21)42-37(41-34)47-18-24-8-7-23-17-46-11-10-44(23)24/h1,4,9,12-14,21-24,40,45H,5-8,10-11,15-18H2,2H3/t21-,22+,23-,24-/m0/s1. The number of hydrogen-bond acceptors (Lipinski definition) is 9. The zero-order chi connectivity index (χ0) is 32.7. The number of furan rings is 1. The third-order valence-corrected chi connectivity index (χ3v) is 10.6. The lowest BCUT2D eigenvalue weighted by atomic mass is 9.91. The molecule has 0 unspecified atom stereocenters. The van der Waals surface area contributed by atoms with Crippen LogP contribution in [0.4, 0.5) is 14.6 Å². The van der Waals surface area contributed by atoms with Crippen LogP contribution in [0, 0.1) is 30.9 Å². The van der Waals surface area contributed by atoms with E-state index in [1.807, 2.05) is 6.07 Å². The number of morpholine rings is 1. The van der Waals surface area contributed by atoms with Crippen molar-refractivity contribution in [3.05, 3.63) is 53.3 Å². The number of piperazine rings is 1. The van der Waals surface area contributed by atoms with Crippen molar-refractivity contribution in [2.45, 2.75) is 56.8 Å². The number of benzene rings is 3. The van der Waals surface area contributed by atoms with Crippen LogP contribution in [0.15, 0.2) is 34.7 Å². The van der Waals surface area contributed by atoms with E-state index >= 15 is 8.78 Å². The van der Waals surface area contributed by atoms with Gasteiger partial charge in [-0.15, -0.1) is 6.42 Å². The summed E-state index contributed by atoms with van der Waals surface area (Å²) in [7, 11) is 0. The van der Waals surface area contributed by atoms with Gasteiger partial charge in [0.15, 0.2) is 5.82 Å². The Morgan fingerprint density at radius 1 is 1.08 bits per heavy atom. The van der Waals surface area contributed by atoms with Crippen LogP contribution in [0.5, 0.6) is 11.8 Å². The summed E-state index contributed by atoms with van der Waals surface area (Å²) < 4.78 is 50.8. The highest BCUT2D eigenvalue weighted by atomic mass is 19.1. The van der Waals surface area contributed by atoms with Gasteiger partial charge in [0.05, 0.1) is 29.7 Å². The number of phenols is 1. The lowest BCUT2D eigenvalue weighted by Gasteiger charge is -2.35. The molecule has 2 N–H and O–H groups in total. The Bertz CT molecular complexity index is 2150. The summed E-state index contributed by atoms with van der Waals surface area (Å²) in [5.74, 6) is 2.16. The molecule has 4 aliphatic rings. The van der Waals surface area contributed by atoms with Crippen LogP contribution >= 0.6 is 0 Å². The Hall–Kier alpha value is -4.50. The van der Waals surface area contributed by atoms with Crippen molar-refractivity contribution < 1.29 is 27.8 Å². The molecule has 0 amide bonds. The van der Waals surface area contributed by atoms with Gasteiger partial charge in [0.2, 0.25) is 0 Å². The molecule has 2 aromatic heterocycles. The maximum atomic E-state index is 17.5. The number of nitrogens with one attached hydrogen (secondary N) is 1. The smallest absolute Gasteiger partial charge is 0.319 e. The predicted octanol–water partition coefficient (Wildman–Crippen LogP) is 5.65. The number of fused-ring (bicyclic) bond motifs is 7. The number of aromatic hydroxyl groups is 1. The average molecular weight is 652 g/mol. The molecule has 0 saturated carbocycles. The second kappa shape index (κ2) is 11.3. The van der Waals surface area contributed by atoms with Gasteiger partial charge < -0.3 is 29.2 Å². The van der Waals surface area contributed by atoms with Gasteiger partial charge in [-0.05, 0) is 62.3 Å². The van der Waals surface area contributed by atoms with E-state index in [1.54, 1.807) is 6.92 Å². The molecule has 11 heteroatoms. The van der Waals surface area contributed by atoms with Crippen molar-refractivity contribution in [3.8, 4) is 35.2 Å². The molecule has 0 aliphatic carbocycles. The van der Waals surface area contributed by atoms with E-state index in [2.05, 4.69) is 21.0 Å². The van der Waals surface area contributed by atoms with Crippen molar-refractivity contribution in [1.82, 2.24) is 20.2 Å². The van der Waals surface area contributed by atoms with E-state index in [1.165, 1.54) is 24.3 Å². The first-order valence-corrected chi connectivity index (χ1v) is 16.7. The number of terminal acetylenes is 1. The molecular formula is C37H35F2N5O4. The Balaban J connectivity index is 1.27. The highest BCUT2D eigenvalue weighted by Crippen LogP contribution is 2.46. The number of rotatable bonds is 5. The van der Waals surface area contributed by atoms with Crippen molar-refractivity contribution in [3.63, 3.8) is 0 Å². The number of nitrogens with zero attached hydrogens (tertiary/aromatic N) is 4. The highest BCUT2D eigenvalue weighted by Gasteiger charge is 2.37. The van der Waals surface area contributed by atoms with Gasteiger partial charge in [0.1, 0.15) is 40.9 Å². The minimum absolute atomic E-state index is 0.0277. The van der Waals surface area contributed by atoms with E-state index in [-0.39, 0.29) is 45.6 Å². The molecular weight excluding hydrogens is 616 g/mol. The van der Waals surface area contributed by atoms with Gasteiger partial charge >= 0.3 is 6.01 Å². The van der Waals surface area contributed by atoms with Crippen LogP contribution in [-0.2, 0) is 4.74 Å². The van der Waals surface area contributed by atoms with Crippen LogP contribution in [0.1, 0.15) is 37.0 Å². The molecule has 0 spiro atoms. The molecule has 6 heterocycles. The van der Waals surface area contributed by atoms with E-state index in [0.29, 0.717) is 77.6 Å². The molecule has 3 aromatic carbocycles. The van der Waals surface area contributed by atoms with E-state index in [4.69, 9.17) is 30.3 Å². The zero-order valence-electron chi connectivity index (χ0n) is 26.6. The summed E-state index contributed by atoms with van der Waals surface area (Å²) in [6.07, 6.45) is 9.93. The molecule has 4 fully saturated rings. The minimum Gasteiger partial charge on any atom is -0.508 e. The second-order valence-electron chi connectivity index (χ2n) is 13.6. The maximum Gasteiger partial charge on any atom is 0.319 e. The number of halogens is 2. The summed E-state index contributed by atoms with van der Waals surface area (Å²) in [6.45, 7) is 5.86. The van der Waals surface area contributed by atoms with Crippen molar-refractivity contribution in [2.24, 2.45) is 0 Å². The molecule has 246 valence electrons. The number of aromatic nitrogens is 2. The van der Waals surface area contributed by atoms with Crippen LogP contribution in [0.3, 0.4) is 0 Å². The van der Waals surface area contributed by atoms with E-state index < -0.39 is 11.6 Å². The first-order valence-electron chi connectivity index (χ1n) is 16.7. The number of hydrogen-bond donors (Lipinski definition) is 2. The fourth-order valence-corrected chi connectivity index (χ4v) is 8.50. The quantitative estimate of drug-likeness (QED) is 0.234. The molecule has 4 saturated heterocycles. The number of ether oxygens (including phenoxy) is 2. The Labute approximate surface area is 275 Å². The van der Waals surface area contributed by atoms with Gasteiger partial charge in [-0.1, -0.05) is 12.0 Å². The average Bonchev–Trinajstić information content (AvgIpc) is 3.78. The topological polar surface area (TPSA) is 96.1 Å². The summed E-state index contributed by atoms with van der Waals surface area (Å²) in [5, 5.41) is 16.4. The largest absolute Gasteiger partial charge is 0.508 e. The number of phenolic OH excluding ortho intramolecular Hbond substituents is 1. The molecule has 5 aromatic rings. The molecule has 0 radical (unpaired) electrons. The molecule has 4 atom stereocenters. The van der Waals surface area contributed by atoms with Crippen LogP contribution in [0.2, 0.25) is 0 Å². The summed E-state index contributed by atoms with van der Waals surface area (Å²) in [6, 6.07) is 8.77. The molecule has 2 bridgehead atoms. The lowest BCUT2D eigenvalue weighted by molar-refractivity contribution is -0.0101. The summed E-state index contributed by atoms with van der Waals surface area (Å²) in [5.41, 5.74) is 0.535. The molecule has 48 heavy (non-hydrogen) atoms. The highest BCUT2D eigenvalue weighted by molar-refractivity contribution is 6.18. The molecule has 9 nitrogen and oxygen atoms in total. The second-order valence-corrected chi connectivity index (χ2v) is 13.6. The van der Waals surface area contributed by atoms with Gasteiger partial charge in [-0.25, -0.2) is 8.78 Å². The summed E-state index contributed by atoms with van der Waals surface area (Å²) in [4.78, 5) is 14.4. The Morgan fingerprint density at radius 2 is 1.92 bits per heavy atom. The number of aryl methyl sites for hydroxylation is 1. The van der Waals surface area contributed by atoms with Crippen LogP contribution < -0.4 is 15.0 Å². The van der Waals surface area contributed by atoms with Crippen LogP contribution in [-0.4, -0.2) is 83.6 Å². The molecule has 4 aliphatic heterocycles. The summed E-state index contributed by atoms with van der Waals surface area (Å²) >= 11 is 0. The fourth-order valence-electron chi connectivity index (χ4n) is 8.50. The van der Waals surface area contributed by atoms with Gasteiger partial charge in [-0.2, -0.15) is 9.97 Å². The fraction of sp³-hybridized carbons (Fsp3) is 0.405. The number of anilines is 1. The SMILES string of the molecule is C#Cc1c(F)ccc2cc(O)cc(-c3c(F)c4nc(OC[C@@H]5CC[C@H]6COCCN65)nc(N5C[C@H]6CC[C@@H](C5)N6)c4c4cc(C)oc34)c12. The van der Waals surface area contributed by atoms with Gasteiger partial charge in [0, 0.05) is 60.1 Å². The monoisotopic (exact) mass is 651 g/mol. The lowest BCUT2D eigenvalue weighted by Crippen LogP contribution is -2.51. The van der Waals surface area contributed by atoms with E-state index in [9.17, 15) is 5.11 Å². The Morgan fingerprint density at radius 3 is 2.73 bits per heavy atom. The minimum atomic E-state index is -0.688. The first-order chi connectivity index (χ1) is 23.4. The zero-order valence-corrected chi connectivity index (χ0v) is 26.6. The third-order valence-electron chi connectivity index (χ3n) is 10.6. The van der Waals surface area contributed by atoms with Crippen molar-refractivity contribution in [2.75, 3.05) is 44.4 Å². The van der Waals surface area contributed by atoms with Gasteiger partial charge in [0.25, 0.3) is 0 Å².